The standard InChI is InChI=1S/C11H15NO4/c1-3-5-12-6-4-9(13)11(8(12)2)16-7-10(14)15/h4,6H,3,5,7H2,1-2H3,(H,14,15). The molecule has 0 spiro atoms. The van der Waals surface area contributed by atoms with E-state index in [-0.39, 0.29) is 11.2 Å². The second-order valence-corrected chi connectivity index (χ2v) is 3.47. The normalized spacial score (nSPS) is 10.1. The summed E-state index contributed by atoms with van der Waals surface area (Å²) in [5.74, 6) is -0.969. The predicted molar refractivity (Wildman–Crippen MR) is 58.9 cm³/mol. The first-order chi connectivity index (χ1) is 7.56. The van der Waals surface area contributed by atoms with Gasteiger partial charge in [0.25, 0.3) is 0 Å². The molecule has 0 radical (unpaired) electrons. The molecule has 1 rings (SSSR count). The minimum atomic E-state index is -1.09. The van der Waals surface area contributed by atoms with Gasteiger partial charge in [0.2, 0.25) is 5.43 Å². The van der Waals surface area contributed by atoms with E-state index in [4.69, 9.17) is 9.84 Å². The topological polar surface area (TPSA) is 68.5 Å². The van der Waals surface area contributed by atoms with Gasteiger partial charge in [-0.2, -0.15) is 0 Å². The Labute approximate surface area is 93.3 Å². The first-order valence-corrected chi connectivity index (χ1v) is 5.11. The van der Waals surface area contributed by atoms with Crippen LogP contribution in [0.1, 0.15) is 19.0 Å². The Hall–Kier alpha value is -1.78. The number of hydrogen-bond acceptors (Lipinski definition) is 3. The summed E-state index contributed by atoms with van der Waals surface area (Å²) in [5, 5.41) is 8.50. The van der Waals surface area contributed by atoms with Gasteiger partial charge < -0.3 is 14.4 Å². The largest absolute Gasteiger partial charge is 0.479 e. The molecule has 1 aromatic rings. The van der Waals surface area contributed by atoms with Crippen LogP contribution in [0.25, 0.3) is 0 Å². The summed E-state index contributed by atoms with van der Waals surface area (Å²) in [6.07, 6.45) is 2.62. The van der Waals surface area contributed by atoms with E-state index in [1.165, 1.54) is 6.07 Å². The molecule has 1 aromatic heterocycles. The fourth-order valence-corrected chi connectivity index (χ4v) is 1.45. The van der Waals surface area contributed by atoms with Gasteiger partial charge in [-0.25, -0.2) is 4.79 Å². The Kier molecular flexibility index (Phi) is 4.10. The quantitative estimate of drug-likeness (QED) is 0.812. The van der Waals surface area contributed by atoms with Crippen LogP contribution in [0.2, 0.25) is 0 Å². The summed E-state index contributed by atoms with van der Waals surface area (Å²) in [5.41, 5.74) is 0.377. The number of aromatic nitrogens is 1. The highest BCUT2D eigenvalue weighted by Gasteiger charge is 2.09. The van der Waals surface area contributed by atoms with Crippen molar-refractivity contribution in [3.05, 3.63) is 28.2 Å². The lowest BCUT2D eigenvalue weighted by Gasteiger charge is -2.12. The monoisotopic (exact) mass is 225 g/mol. The van der Waals surface area contributed by atoms with Crippen molar-refractivity contribution >= 4 is 5.97 Å². The Morgan fingerprint density at radius 1 is 1.56 bits per heavy atom. The number of pyridine rings is 1. The number of aliphatic carboxylic acids is 1. The van der Waals surface area contributed by atoms with Crippen molar-refractivity contribution in [1.29, 1.82) is 0 Å². The smallest absolute Gasteiger partial charge is 0.341 e. The SMILES string of the molecule is CCCn1ccc(=O)c(OCC(=O)O)c1C. The van der Waals surface area contributed by atoms with E-state index in [1.807, 2.05) is 11.5 Å². The van der Waals surface area contributed by atoms with Crippen LogP contribution < -0.4 is 10.2 Å². The number of nitrogens with zero attached hydrogens (tertiary/aromatic N) is 1. The Morgan fingerprint density at radius 3 is 2.81 bits per heavy atom. The highest BCUT2D eigenvalue weighted by Crippen LogP contribution is 2.11. The van der Waals surface area contributed by atoms with Crippen molar-refractivity contribution in [1.82, 2.24) is 4.57 Å². The first kappa shape index (κ1) is 12.3. The molecule has 1 N–H and O–H groups in total. The molecule has 0 aliphatic carbocycles. The van der Waals surface area contributed by atoms with Crippen molar-refractivity contribution in [2.24, 2.45) is 0 Å². The van der Waals surface area contributed by atoms with E-state index >= 15 is 0 Å². The van der Waals surface area contributed by atoms with E-state index in [1.54, 1.807) is 13.1 Å². The van der Waals surface area contributed by atoms with Crippen LogP contribution >= 0.6 is 0 Å². The lowest BCUT2D eigenvalue weighted by atomic mass is 10.3. The zero-order valence-electron chi connectivity index (χ0n) is 9.40. The van der Waals surface area contributed by atoms with E-state index in [0.717, 1.165) is 13.0 Å². The molecule has 0 saturated carbocycles. The summed E-state index contributed by atoms with van der Waals surface area (Å²) >= 11 is 0. The number of rotatable bonds is 5. The van der Waals surface area contributed by atoms with Gasteiger partial charge in [-0.3, -0.25) is 4.79 Å². The van der Waals surface area contributed by atoms with Crippen molar-refractivity contribution < 1.29 is 14.6 Å². The highest BCUT2D eigenvalue weighted by molar-refractivity contribution is 5.68. The lowest BCUT2D eigenvalue weighted by molar-refractivity contribution is -0.139. The van der Waals surface area contributed by atoms with Crippen LogP contribution in [0.3, 0.4) is 0 Å². The van der Waals surface area contributed by atoms with Gasteiger partial charge in [-0.05, 0) is 13.3 Å². The molecular weight excluding hydrogens is 210 g/mol. The average molecular weight is 225 g/mol. The van der Waals surface area contributed by atoms with Gasteiger partial charge >= 0.3 is 5.97 Å². The molecule has 0 unspecified atom stereocenters. The molecule has 5 nitrogen and oxygen atoms in total. The van der Waals surface area contributed by atoms with Crippen LogP contribution in [0.15, 0.2) is 17.1 Å². The summed E-state index contributed by atoms with van der Waals surface area (Å²) in [7, 11) is 0. The Balaban J connectivity index is 3.01. The molecule has 5 heteroatoms. The number of carbonyl (C=O) groups is 1. The van der Waals surface area contributed by atoms with Crippen LogP contribution in [-0.4, -0.2) is 22.2 Å². The summed E-state index contributed by atoms with van der Waals surface area (Å²) in [4.78, 5) is 21.8. The molecule has 0 aromatic carbocycles. The summed E-state index contributed by atoms with van der Waals surface area (Å²) in [6, 6.07) is 1.39. The van der Waals surface area contributed by atoms with Gasteiger partial charge in [0.1, 0.15) is 0 Å². The summed E-state index contributed by atoms with van der Waals surface area (Å²) in [6.45, 7) is 4.05. The maximum absolute atomic E-state index is 11.5. The van der Waals surface area contributed by atoms with Gasteiger partial charge in [0, 0.05) is 18.8 Å². The molecule has 88 valence electrons. The molecule has 0 aliphatic heterocycles. The predicted octanol–water partition coefficient (Wildman–Crippen LogP) is 1.03. The van der Waals surface area contributed by atoms with Gasteiger partial charge in [-0.15, -0.1) is 0 Å². The van der Waals surface area contributed by atoms with Crippen LogP contribution in [0, 0.1) is 6.92 Å². The second kappa shape index (κ2) is 5.34. The lowest BCUT2D eigenvalue weighted by Crippen LogP contribution is -2.18. The van der Waals surface area contributed by atoms with Gasteiger partial charge in [-0.1, -0.05) is 6.92 Å². The van der Waals surface area contributed by atoms with Crippen LogP contribution in [-0.2, 0) is 11.3 Å². The second-order valence-electron chi connectivity index (χ2n) is 3.47. The van der Waals surface area contributed by atoms with Crippen molar-refractivity contribution in [2.75, 3.05) is 6.61 Å². The molecule has 0 fully saturated rings. The molecule has 16 heavy (non-hydrogen) atoms. The van der Waals surface area contributed by atoms with E-state index in [2.05, 4.69) is 0 Å². The maximum Gasteiger partial charge on any atom is 0.341 e. The van der Waals surface area contributed by atoms with Gasteiger partial charge in [0.15, 0.2) is 12.4 Å². The number of carboxylic acids is 1. The van der Waals surface area contributed by atoms with Crippen molar-refractivity contribution in [3.63, 3.8) is 0 Å². The fourth-order valence-electron chi connectivity index (χ4n) is 1.45. The zero-order valence-corrected chi connectivity index (χ0v) is 9.40. The molecule has 0 bridgehead atoms. The van der Waals surface area contributed by atoms with E-state index < -0.39 is 12.6 Å². The number of aryl methyl sites for hydroxylation is 1. The van der Waals surface area contributed by atoms with E-state index in [9.17, 15) is 9.59 Å². The van der Waals surface area contributed by atoms with Crippen molar-refractivity contribution in [2.45, 2.75) is 26.8 Å². The molecule has 0 aliphatic rings. The molecule has 0 saturated heterocycles. The minimum Gasteiger partial charge on any atom is -0.479 e. The van der Waals surface area contributed by atoms with Crippen LogP contribution in [0.4, 0.5) is 0 Å². The minimum absolute atomic E-state index is 0.123. The first-order valence-electron chi connectivity index (χ1n) is 5.11. The highest BCUT2D eigenvalue weighted by atomic mass is 16.5. The average Bonchev–Trinajstić information content (AvgIpc) is 2.22. The molecule has 0 amide bonds. The third-order valence-electron chi connectivity index (χ3n) is 2.19. The third kappa shape index (κ3) is 2.85. The number of carboxylic acid groups (broad SMARTS) is 1. The van der Waals surface area contributed by atoms with Gasteiger partial charge in [0.05, 0.1) is 5.69 Å². The Morgan fingerprint density at radius 2 is 2.25 bits per heavy atom. The molecule has 1 heterocycles. The van der Waals surface area contributed by atoms with Crippen LogP contribution in [0.5, 0.6) is 5.75 Å². The summed E-state index contributed by atoms with van der Waals surface area (Å²) < 4.78 is 6.86. The van der Waals surface area contributed by atoms with Crippen molar-refractivity contribution in [3.8, 4) is 5.75 Å². The molecule has 0 atom stereocenters. The van der Waals surface area contributed by atoms with E-state index in [0.29, 0.717) is 5.69 Å². The zero-order chi connectivity index (χ0) is 12.1. The molecular formula is C11H15NO4. The Bertz CT molecular complexity index is 436. The number of hydrogen-bond donors (Lipinski definition) is 1. The maximum atomic E-state index is 11.5. The fraction of sp³-hybridized carbons (Fsp3) is 0.455. The number of ether oxygens (including phenoxy) is 1. The third-order valence-corrected chi connectivity index (χ3v) is 2.19.